The molecule has 0 aromatic rings. The lowest BCUT2D eigenvalue weighted by molar-refractivity contribution is -0.0759. The first-order valence-electron chi connectivity index (χ1n) is 4.52. The summed E-state index contributed by atoms with van der Waals surface area (Å²) in [5.74, 6) is 0. The second kappa shape index (κ2) is 2.19. The molecular weight excluding hydrogens is 140 g/mol. The summed E-state index contributed by atoms with van der Waals surface area (Å²) in [6, 6.07) is 2.42. The van der Waals surface area contributed by atoms with Crippen LogP contribution in [0, 0.1) is 0 Å². The third kappa shape index (κ3) is 0.789. The van der Waals surface area contributed by atoms with Gasteiger partial charge < -0.3 is 10.1 Å². The first kappa shape index (κ1) is 6.40. The molecule has 3 rings (SSSR count). The molecule has 3 aliphatic rings. The van der Waals surface area contributed by atoms with Gasteiger partial charge in [0.2, 0.25) is 0 Å². The minimum Gasteiger partial charge on any atom is -0.378 e. The van der Waals surface area contributed by atoms with Crippen LogP contribution in [0.25, 0.3) is 0 Å². The van der Waals surface area contributed by atoms with Gasteiger partial charge in [-0.2, -0.15) is 0 Å². The number of likely N-dealkylation sites (tertiary alicyclic amines) is 1. The zero-order valence-corrected chi connectivity index (χ0v) is 6.62. The highest BCUT2D eigenvalue weighted by molar-refractivity contribution is 5.03. The Morgan fingerprint density at radius 1 is 1.36 bits per heavy atom. The molecule has 11 heavy (non-hydrogen) atoms. The number of hydrogen-bond acceptors (Lipinski definition) is 3. The number of ether oxygens (including phenoxy) is 1. The summed E-state index contributed by atoms with van der Waals surface area (Å²) < 4.78 is 5.19. The Balaban J connectivity index is 1.68. The second-order valence-electron chi connectivity index (χ2n) is 3.80. The Hall–Kier alpha value is -0.120. The Morgan fingerprint density at radius 2 is 2.27 bits per heavy atom. The van der Waals surface area contributed by atoms with Crippen molar-refractivity contribution >= 4 is 0 Å². The van der Waals surface area contributed by atoms with Crippen LogP contribution in [0.15, 0.2) is 0 Å². The van der Waals surface area contributed by atoms with Gasteiger partial charge in [-0.1, -0.05) is 0 Å². The molecular formula is C8H14N2O. The Kier molecular flexibility index (Phi) is 1.27. The SMILES string of the molecule is C1CN(C2COC2)C2CNC12. The van der Waals surface area contributed by atoms with Gasteiger partial charge in [0.05, 0.1) is 19.3 Å². The van der Waals surface area contributed by atoms with Crippen molar-refractivity contribution in [1.82, 2.24) is 10.2 Å². The minimum atomic E-state index is 0.757. The predicted molar refractivity (Wildman–Crippen MR) is 41.5 cm³/mol. The number of nitrogens with zero attached hydrogens (tertiary/aromatic N) is 1. The van der Waals surface area contributed by atoms with Crippen molar-refractivity contribution in [3.63, 3.8) is 0 Å². The molecule has 3 fully saturated rings. The van der Waals surface area contributed by atoms with E-state index in [0.717, 1.165) is 31.3 Å². The smallest absolute Gasteiger partial charge is 0.0645 e. The van der Waals surface area contributed by atoms with Crippen molar-refractivity contribution in [3.8, 4) is 0 Å². The summed E-state index contributed by atoms with van der Waals surface area (Å²) in [5, 5.41) is 3.46. The lowest BCUT2D eigenvalue weighted by Crippen LogP contribution is -2.63. The molecule has 0 spiro atoms. The average molecular weight is 154 g/mol. The van der Waals surface area contributed by atoms with Gasteiger partial charge in [0, 0.05) is 25.2 Å². The molecule has 0 aromatic heterocycles. The van der Waals surface area contributed by atoms with Crippen LogP contribution < -0.4 is 5.32 Å². The molecule has 3 nitrogen and oxygen atoms in total. The van der Waals surface area contributed by atoms with Crippen molar-refractivity contribution in [3.05, 3.63) is 0 Å². The first-order chi connectivity index (χ1) is 5.45. The number of nitrogens with one attached hydrogen (secondary N) is 1. The molecule has 0 radical (unpaired) electrons. The normalized spacial score (nSPS) is 44.7. The molecule has 2 unspecified atom stereocenters. The van der Waals surface area contributed by atoms with Crippen LogP contribution in [-0.2, 0) is 4.74 Å². The summed E-state index contributed by atoms with van der Waals surface area (Å²) in [6.45, 7) is 4.45. The summed E-state index contributed by atoms with van der Waals surface area (Å²) in [5.41, 5.74) is 0. The quantitative estimate of drug-likeness (QED) is 0.547. The fourth-order valence-electron chi connectivity index (χ4n) is 2.35. The van der Waals surface area contributed by atoms with E-state index in [9.17, 15) is 0 Å². The van der Waals surface area contributed by atoms with Gasteiger partial charge in [0.15, 0.2) is 0 Å². The zero-order chi connectivity index (χ0) is 7.26. The maximum absolute atomic E-state index is 5.19. The fourth-order valence-corrected chi connectivity index (χ4v) is 2.35. The van der Waals surface area contributed by atoms with Crippen molar-refractivity contribution in [2.75, 3.05) is 26.3 Å². The van der Waals surface area contributed by atoms with E-state index in [2.05, 4.69) is 10.2 Å². The highest BCUT2D eigenvalue weighted by Crippen LogP contribution is 2.28. The largest absolute Gasteiger partial charge is 0.378 e. The van der Waals surface area contributed by atoms with Crippen molar-refractivity contribution in [2.45, 2.75) is 24.5 Å². The van der Waals surface area contributed by atoms with Crippen LogP contribution >= 0.6 is 0 Å². The Bertz CT molecular complexity index is 169. The molecule has 0 aromatic carbocycles. The van der Waals surface area contributed by atoms with Crippen LogP contribution in [0.4, 0.5) is 0 Å². The van der Waals surface area contributed by atoms with Gasteiger partial charge in [-0.25, -0.2) is 0 Å². The van der Waals surface area contributed by atoms with E-state index in [0.29, 0.717) is 0 Å². The fraction of sp³-hybridized carbons (Fsp3) is 1.00. The summed E-state index contributed by atoms with van der Waals surface area (Å²) in [4.78, 5) is 2.63. The molecule has 0 amide bonds. The average Bonchev–Trinajstić information content (AvgIpc) is 2.03. The third-order valence-corrected chi connectivity index (χ3v) is 3.27. The van der Waals surface area contributed by atoms with Gasteiger partial charge in [-0.05, 0) is 6.42 Å². The molecule has 1 N–H and O–H groups in total. The monoisotopic (exact) mass is 154 g/mol. The van der Waals surface area contributed by atoms with E-state index in [-0.39, 0.29) is 0 Å². The third-order valence-electron chi connectivity index (χ3n) is 3.27. The van der Waals surface area contributed by atoms with Gasteiger partial charge in [-0.3, -0.25) is 4.90 Å². The molecule has 0 saturated carbocycles. The number of hydrogen-bond donors (Lipinski definition) is 1. The van der Waals surface area contributed by atoms with E-state index in [1.165, 1.54) is 19.5 Å². The summed E-state index contributed by atoms with van der Waals surface area (Å²) in [7, 11) is 0. The maximum atomic E-state index is 5.19. The van der Waals surface area contributed by atoms with E-state index >= 15 is 0 Å². The summed E-state index contributed by atoms with van der Waals surface area (Å²) in [6.07, 6.45) is 1.35. The van der Waals surface area contributed by atoms with E-state index < -0.39 is 0 Å². The molecule has 3 saturated heterocycles. The second-order valence-corrected chi connectivity index (χ2v) is 3.80. The lowest BCUT2D eigenvalue weighted by atomic mass is 10.0. The molecule has 62 valence electrons. The first-order valence-corrected chi connectivity index (χ1v) is 4.52. The molecule has 0 aliphatic carbocycles. The summed E-state index contributed by atoms with van der Waals surface area (Å²) >= 11 is 0. The number of rotatable bonds is 1. The van der Waals surface area contributed by atoms with Gasteiger partial charge in [-0.15, -0.1) is 0 Å². The highest BCUT2D eigenvalue weighted by Gasteiger charge is 2.44. The predicted octanol–water partition coefficient (Wildman–Crippen LogP) is -0.569. The van der Waals surface area contributed by atoms with Crippen molar-refractivity contribution in [1.29, 1.82) is 0 Å². The molecule has 3 aliphatic heterocycles. The topological polar surface area (TPSA) is 24.5 Å². The van der Waals surface area contributed by atoms with Crippen molar-refractivity contribution < 1.29 is 4.74 Å². The zero-order valence-electron chi connectivity index (χ0n) is 6.62. The van der Waals surface area contributed by atoms with Gasteiger partial charge in [0.25, 0.3) is 0 Å². The van der Waals surface area contributed by atoms with E-state index in [1.54, 1.807) is 0 Å². The Labute approximate surface area is 66.7 Å². The molecule has 2 atom stereocenters. The molecule has 3 heteroatoms. The van der Waals surface area contributed by atoms with E-state index in [4.69, 9.17) is 4.74 Å². The molecule has 0 bridgehead atoms. The standard InChI is InChI=1S/C8H14N2O/c1-2-10(6-4-11-5-6)8-3-9-7(1)8/h6-9H,1-5H2. The van der Waals surface area contributed by atoms with E-state index in [1.807, 2.05) is 0 Å². The van der Waals surface area contributed by atoms with Gasteiger partial charge in [0.1, 0.15) is 0 Å². The van der Waals surface area contributed by atoms with Crippen LogP contribution in [0.2, 0.25) is 0 Å². The van der Waals surface area contributed by atoms with Crippen molar-refractivity contribution in [2.24, 2.45) is 0 Å². The van der Waals surface area contributed by atoms with Crippen LogP contribution in [0.3, 0.4) is 0 Å². The highest BCUT2D eigenvalue weighted by atomic mass is 16.5. The minimum absolute atomic E-state index is 0.757. The maximum Gasteiger partial charge on any atom is 0.0645 e. The van der Waals surface area contributed by atoms with Crippen LogP contribution in [0.5, 0.6) is 0 Å². The van der Waals surface area contributed by atoms with Crippen LogP contribution in [0.1, 0.15) is 6.42 Å². The molecule has 3 heterocycles. The lowest BCUT2D eigenvalue weighted by Gasteiger charge is -2.43. The van der Waals surface area contributed by atoms with Crippen LogP contribution in [-0.4, -0.2) is 49.3 Å². The van der Waals surface area contributed by atoms with Gasteiger partial charge >= 0.3 is 0 Å². The Morgan fingerprint density at radius 3 is 2.73 bits per heavy atom. The number of fused-ring (bicyclic) bond motifs is 1.